The van der Waals surface area contributed by atoms with E-state index in [-0.39, 0.29) is 5.91 Å². The summed E-state index contributed by atoms with van der Waals surface area (Å²) >= 11 is 5.77. The van der Waals surface area contributed by atoms with Gasteiger partial charge in [-0.1, -0.05) is 23.7 Å². The number of benzene rings is 1. The van der Waals surface area contributed by atoms with Gasteiger partial charge < -0.3 is 16.2 Å². The molecule has 0 heterocycles. The Morgan fingerprint density at radius 1 is 1.44 bits per heavy atom. The van der Waals surface area contributed by atoms with Crippen molar-refractivity contribution in [3.05, 3.63) is 34.9 Å². The summed E-state index contributed by atoms with van der Waals surface area (Å²) in [5.41, 5.74) is 5.41. The number of rotatable bonds is 6. The fourth-order valence-corrected chi connectivity index (χ4v) is 1.54. The van der Waals surface area contributed by atoms with Gasteiger partial charge in [0.2, 0.25) is 5.91 Å². The van der Waals surface area contributed by atoms with E-state index in [1.807, 2.05) is 0 Å². The van der Waals surface area contributed by atoms with Gasteiger partial charge in [-0.2, -0.15) is 0 Å². The van der Waals surface area contributed by atoms with Crippen LogP contribution in [0.25, 0.3) is 0 Å². The summed E-state index contributed by atoms with van der Waals surface area (Å²) in [5.74, 6) is -0.365. The van der Waals surface area contributed by atoms with Crippen molar-refractivity contribution in [3.8, 4) is 0 Å². The van der Waals surface area contributed by atoms with E-state index in [4.69, 9.17) is 17.3 Å². The van der Waals surface area contributed by atoms with Crippen LogP contribution in [0.1, 0.15) is 25.5 Å². The first kappa shape index (κ1) is 15.0. The molecule has 0 aliphatic carbocycles. The van der Waals surface area contributed by atoms with Crippen molar-refractivity contribution in [2.75, 3.05) is 13.1 Å². The van der Waals surface area contributed by atoms with Crippen molar-refractivity contribution in [1.82, 2.24) is 5.32 Å². The Hall–Kier alpha value is -1.10. The molecule has 0 saturated carbocycles. The highest BCUT2D eigenvalue weighted by molar-refractivity contribution is 6.30. The van der Waals surface area contributed by atoms with Gasteiger partial charge >= 0.3 is 0 Å². The summed E-state index contributed by atoms with van der Waals surface area (Å²) < 4.78 is 0. The van der Waals surface area contributed by atoms with Crippen LogP contribution in [-0.4, -0.2) is 24.1 Å². The van der Waals surface area contributed by atoms with E-state index in [2.05, 4.69) is 5.32 Å². The lowest BCUT2D eigenvalue weighted by Crippen LogP contribution is -2.41. The molecule has 4 nitrogen and oxygen atoms in total. The van der Waals surface area contributed by atoms with Gasteiger partial charge in [0.1, 0.15) is 0 Å². The van der Waals surface area contributed by atoms with Crippen LogP contribution in [0.2, 0.25) is 5.02 Å². The maximum absolute atomic E-state index is 11.1. The molecule has 18 heavy (non-hydrogen) atoms. The third kappa shape index (κ3) is 4.29. The Morgan fingerprint density at radius 3 is 2.50 bits per heavy atom. The van der Waals surface area contributed by atoms with Gasteiger partial charge in [-0.25, -0.2) is 0 Å². The molecular formula is C13H19ClN2O2. The Bertz CT molecular complexity index is 404. The lowest BCUT2D eigenvalue weighted by atomic mass is 9.92. The molecule has 0 aliphatic heterocycles. The zero-order valence-corrected chi connectivity index (χ0v) is 11.4. The number of carbonyl (C=O) groups excluding carboxylic acids is 1. The monoisotopic (exact) mass is 270 g/mol. The van der Waals surface area contributed by atoms with Crippen molar-refractivity contribution < 1.29 is 9.90 Å². The highest BCUT2D eigenvalue weighted by atomic mass is 35.5. The summed E-state index contributed by atoms with van der Waals surface area (Å²) in [6.07, 6.45) is -0.633. The molecule has 5 heteroatoms. The number of hydrogen-bond donors (Lipinski definition) is 3. The first-order chi connectivity index (χ1) is 8.33. The quantitative estimate of drug-likeness (QED) is 0.733. The summed E-state index contributed by atoms with van der Waals surface area (Å²) in [7, 11) is 0. The van der Waals surface area contributed by atoms with Gasteiger partial charge in [-0.3, -0.25) is 4.79 Å². The summed E-state index contributed by atoms with van der Waals surface area (Å²) in [5, 5.41) is 13.6. The predicted molar refractivity (Wildman–Crippen MR) is 72.3 cm³/mol. The number of hydrogen-bond acceptors (Lipinski definition) is 3. The average Bonchev–Trinajstić information content (AvgIpc) is 2.29. The summed E-state index contributed by atoms with van der Waals surface area (Å²) in [4.78, 5) is 11.1. The molecule has 1 unspecified atom stereocenters. The molecule has 1 aromatic rings. The zero-order valence-electron chi connectivity index (χ0n) is 10.6. The SMILES string of the molecule is CC(C)(CNCC(O)c1ccc(Cl)cc1)C(N)=O. The summed E-state index contributed by atoms with van der Waals surface area (Å²) in [6.45, 7) is 4.30. The lowest BCUT2D eigenvalue weighted by molar-refractivity contribution is -0.125. The fourth-order valence-electron chi connectivity index (χ4n) is 1.41. The highest BCUT2D eigenvalue weighted by Crippen LogP contribution is 2.17. The van der Waals surface area contributed by atoms with Crippen LogP contribution in [0, 0.1) is 5.41 Å². The van der Waals surface area contributed by atoms with Gasteiger partial charge in [0, 0.05) is 18.1 Å². The topological polar surface area (TPSA) is 75.3 Å². The first-order valence-electron chi connectivity index (χ1n) is 5.77. The molecule has 0 saturated heterocycles. The normalized spacial score (nSPS) is 13.3. The molecule has 0 aromatic heterocycles. The van der Waals surface area contributed by atoms with E-state index >= 15 is 0 Å². The Balaban J connectivity index is 2.45. The molecule has 1 rings (SSSR count). The van der Waals surface area contributed by atoms with Gasteiger partial charge in [-0.15, -0.1) is 0 Å². The standard InChI is InChI=1S/C13H19ClN2O2/c1-13(2,12(15)18)8-16-7-11(17)9-3-5-10(14)6-4-9/h3-6,11,16-17H,7-8H2,1-2H3,(H2,15,18). The van der Waals surface area contributed by atoms with Crippen LogP contribution in [0.5, 0.6) is 0 Å². The predicted octanol–water partition coefficient (Wildman–Crippen LogP) is 1.47. The van der Waals surface area contributed by atoms with E-state index in [1.54, 1.807) is 38.1 Å². The van der Waals surface area contributed by atoms with Gasteiger partial charge in [-0.05, 0) is 31.5 Å². The highest BCUT2D eigenvalue weighted by Gasteiger charge is 2.24. The van der Waals surface area contributed by atoms with Gasteiger partial charge in [0.25, 0.3) is 0 Å². The Morgan fingerprint density at radius 2 is 2.00 bits per heavy atom. The van der Waals surface area contributed by atoms with Gasteiger partial charge in [0.05, 0.1) is 11.5 Å². The minimum atomic E-state index is -0.633. The second kappa shape index (κ2) is 6.18. The number of halogens is 1. The molecule has 1 amide bonds. The number of amides is 1. The Kier molecular flexibility index (Phi) is 5.14. The first-order valence-corrected chi connectivity index (χ1v) is 6.15. The van der Waals surface area contributed by atoms with Crippen molar-refractivity contribution in [2.45, 2.75) is 20.0 Å². The van der Waals surface area contributed by atoms with Crippen LogP contribution in [0.4, 0.5) is 0 Å². The van der Waals surface area contributed by atoms with E-state index in [0.29, 0.717) is 18.1 Å². The molecule has 100 valence electrons. The third-order valence-corrected chi connectivity index (χ3v) is 3.08. The van der Waals surface area contributed by atoms with Crippen LogP contribution < -0.4 is 11.1 Å². The van der Waals surface area contributed by atoms with Crippen molar-refractivity contribution in [2.24, 2.45) is 11.1 Å². The second-order valence-corrected chi connectivity index (χ2v) is 5.38. The molecule has 1 aromatic carbocycles. The molecule has 1 atom stereocenters. The van der Waals surface area contributed by atoms with Crippen LogP contribution >= 0.6 is 11.6 Å². The summed E-state index contributed by atoms with van der Waals surface area (Å²) in [6, 6.07) is 7.00. The zero-order chi connectivity index (χ0) is 13.8. The number of nitrogens with two attached hydrogens (primary N) is 1. The minimum absolute atomic E-state index is 0.359. The van der Waals surface area contributed by atoms with Crippen molar-refractivity contribution in [3.63, 3.8) is 0 Å². The maximum Gasteiger partial charge on any atom is 0.224 e. The number of aliphatic hydroxyl groups is 1. The number of aliphatic hydroxyl groups excluding tert-OH is 1. The fraction of sp³-hybridized carbons (Fsp3) is 0.462. The molecule has 0 aliphatic rings. The van der Waals surface area contributed by atoms with Crippen LogP contribution in [0.3, 0.4) is 0 Å². The Labute approximate surface area is 112 Å². The number of nitrogens with one attached hydrogen (secondary N) is 1. The molecule has 0 radical (unpaired) electrons. The van der Waals surface area contributed by atoms with Gasteiger partial charge in [0.15, 0.2) is 0 Å². The smallest absolute Gasteiger partial charge is 0.224 e. The number of primary amides is 1. The van der Waals surface area contributed by atoms with Crippen molar-refractivity contribution in [1.29, 1.82) is 0 Å². The molecule has 0 spiro atoms. The van der Waals surface area contributed by atoms with Crippen molar-refractivity contribution >= 4 is 17.5 Å². The minimum Gasteiger partial charge on any atom is -0.387 e. The molecule has 0 bridgehead atoms. The maximum atomic E-state index is 11.1. The number of carbonyl (C=O) groups is 1. The largest absolute Gasteiger partial charge is 0.387 e. The third-order valence-electron chi connectivity index (χ3n) is 2.83. The lowest BCUT2D eigenvalue weighted by Gasteiger charge is -2.22. The van der Waals surface area contributed by atoms with E-state index < -0.39 is 11.5 Å². The van der Waals surface area contributed by atoms with E-state index in [9.17, 15) is 9.90 Å². The molecular weight excluding hydrogens is 252 g/mol. The molecule has 4 N–H and O–H groups in total. The van der Waals surface area contributed by atoms with E-state index in [1.165, 1.54) is 0 Å². The average molecular weight is 271 g/mol. The van der Waals surface area contributed by atoms with Crippen LogP contribution in [0.15, 0.2) is 24.3 Å². The molecule has 0 fully saturated rings. The second-order valence-electron chi connectivity index (χ2n) is 4.95. The van der Waals surface area contributed by atoms with Crippen LogP contribution in [-0.2, 0) is 4.79 Å². The van der Waals surface area contributed by atoms with E-state index in [0.717, 1.165) is 5.56 Å².